The van der Waals surface area contributed by atoms with Gasteiger partial charge in [0.25, 0.3) is 15.9 Å². The Kier molecular flexibility index (Phi) is 10.0. The van der Waals surface area contributed by atoms with E-state index in [0.717, 1.165) is 44.1 Å². The van der Waals surface area contributed by atoms with Crippen molar-refractivity contribution >= 4 is 21.7 Å². The number of sulfonamides is 1. The smallest absolute Gasteiger partial charge is 0.394 e. The maximum Gasteiger partial charge on any atom is 0.394 e. The molecule has 3 aliphatic heterocycles. The predicted molar refractivity (Wildman–Crippen MR) is 180 cm³/mol. The van der Waals surface area contributed by atoms with E-state index in [9.17, 15) is 26.4 Å². The number of ether oxygens (including phenoxy) is 1. The summed E-state index contributed by atoms with van der Waals surface area (Å²) in [7, 11) is -4.17. The van der Waals surface area contributed by atoms with Crippen molar-refractivity contribution in [3.63, 3.8) is 0 Å². The highest BCUT2D eigenvalue weighted by Crippen LogP contribution is 2.59. The van der Waals surface area contributed by atoms with Crippen LogP contribution in [0.4, 0.5) is 19.0 Å². The molecule has 4 aliphatic rings. The van der Waals surface area contributed by atoms with Gasteiger partial charge >= 0.3 is 6.18 Å². The third-order valence-electron chi connectivity index (χ3n) is 10.4. The van der Waals surface area contributed by atoms with E-state index in [4.69, 9.17) is 9.72 Å². The minimum atomic E-state index is -4.25. The molecule has 0 spiro atoms. The van der Waals surface area contributed by atoms with E-state index in [1.165, 1.54) is 42.5 Å². The molecule has 266 valence electrons. The number of carbonyl (C=O) groups is 1. The van der Waals surface area contributed by atoms with Crippen LogP contribution in [0.1, 0.15) is 107 Å². The molecule has 7 rings (SSSR count). The number of hydrogen-bond acceptors (Lipinski definition) is 7. The van der Waals surface area contributed by atoms with Crippen LogP contribution < -0.4 is 14.4 Å². The van der Waals surface area contributed by atoms with Crippen molar-refractivity contribution in [3.8, 4) is 11.7 Å². The maximum atomic E-state index is 13.8. The summed E-state index contributed by atoms with van der Waals surface area (Å²) in [5.41, 5.74) is -0.848. The number of nitrogens with zero attached hydrogens (tertiary/aromatic N) is 4. The van der Waals surface area contributed by atoms with Gasteiger partial charge in [-0.1, -0.05) is 50.7 Å². The minimum Gasteiger partial charge on any atom is -0.477 e. The first-order valence-corrected chi connectivity index (χ1v) is 19.0. The number of halogens is 3. The van der Waals surface area contributed by atoms with E-state index in [0.29, 0.717) is 24.1 Å². The standard InChI is InChI=1S/C36H46F3N5O4S/c1-34(2)24-27-11-9-7-5-3-4-6-8-10-26-12-14-28(15-13-26)49(46,47)42-33(45)29-16-17-30(40-32(29)43(34)25-27)44-22-18-31(41-44)48-23-21-35(19-20-35)36(37,38)39/h12-18,22,27H,3-11,19-21,23-25H2,1-2H3,(H,42,45). The van der Waals surface area contributed by atoms with Gasteiger partial charge in [-0.05, 0) is 94.5 Å². The highest BCUT2D eigenvalue weighted by Gasteiger charge is 2.62. The lowest BCUT2D eigenvalue weighted by atomic mass is 9.92. The maximum absolute atomic E-state index is 13.8. The Morgan fingerprint density at radius 3 is 2.35 bits per heavy atom. The van der Waals surface area contributed by atoms with E-state index in [2.05, 4.69) is 28.6 Å². The summed E-state index contributed by atoms with van der Waals surface area (Å²) in [4.78, 5) is 20.7. The van der Waals surface area contributed by atoms with E-state index >= 15 is 0 Å². The number of carbonyl (C=O) groups excluding carboxylic acids is 1. The zero-order chi connectivity index (χ0) is 34.9. The molecule has 1 saturated heterocycles. The normalized spacial score (nSPS) is 22.5. The largest absolute Gasteiger partial charge is 0.477 e. The van der Waals surface area contributed by atoms with Crippen LogP contribution in [-0.4, -0.2) is 54.0 Å². The number of aryl methyl sites for hydroxylation is 1. The van der Waals surface area contributed by atoms with Gasteiger partial charge in [0, 0.05) is 24.3 Å². The van der Waals surface area contributed by atoms with Gasteiger partial charge in [0.05, 0.1) is 22.5 Å². The quantitative estimate of drug-likeness (QED) is 0.290. The van der Waals surface area contributed by atoms with E-state index < -0.39 is 27.5 Å². The third-order valence-corrected chi connectivity index (χ3v) is 11.8. The van der Waals surface area contributed by atoms with E-state index in [1.807, 2.05) is 0 Å². The van der Waals surface area contributed by atoms with Crippen molar-refractivity contribution in [1.29, 1.82) is 0 Å². The number of pyridine rings is 1. The van der Waals surface area contributed by atoms with Crippen LogP contribution in [0, 0.1) is 11.3 Å². The number of alkyl halides is 3. The summed E-state index contributed by atoms with van der Waals surface area (Å²) < 4.78 is 76.1. The summed E-state index contributed by atoms with van der Waals surface area (Å²) in [6.07, 6.45) is 8.38. The molecule has 1 N–H and O–H groups in total. The number of rotatable bonds is 5. The fourth-order valence-electron chi connectivity index (χ4n) is 7.31. The minimum absolute atomic E-state index is 0.00935. The molecule has 9 nitrogen and oxygen atoms in total. The van der Waals surface area contributed by atoms with Crippen molar-refractivity contribution in [3.05, 3.63) is 59.8 Å². The second-order valence-electron chi connectivity index (χ2n) is 14.6. The van der Waals surface area contributed by atoms with Crippen LogP contribution in [0.15, 0.2) is 53.6 Å². The van der Waals surface area contributed by atoms with Gasteiger partial charge in [-0.3, -0.25) is 4.79 Å². The highest BCUT2D eigenvalue weighted by atomic mass is 32.2. The zero-order valence-corrected chi connectivity index (χ0v) is 29.1. The SMILES string of the molecule is CC1(C)CC2CCCCCCCCCc3ccc(cc3)S(=O)(=O)NC(=O)c3ccc(-n4ccc(OCCC5(C(F)(F)F)CC5)n4)nc3N1C2. The molecule has 1 atom stereocenters. The van der Waals surface area contributed by atoms with Gasteiger partial charge < -0.3 is 9.64 Å². The number of nitrogens with one attached hydrogen (secondary N) is 1. The second-order valence-corrected chi connectivity index (χ2v) is 16.3. The van der Waals surface area contributed by atoms with Crippen molar-refractivity contribution < 1.29 is 31.1 Å². The highest BCUT2D eigenvalue weighted by molar-refractivity contribution is 7.90. The average Bonchev–Trinajstić information content (AvgIpc) is 3.60. The Morgan fingerprint density at radius 1 is 0.959 bits per heavy atom. The van der Waals surface area contributed by atoms with Gasteiger partial charge in [-0.2, -0.15) is 13.2 Å². The summed E-state index contributed by atoms with van der Waals surface area (Å²) in [5.74, 6) is 0.462. The molecule has 2 aromatic heterocycles. The molecule has 3 aromatic rings. The monoisotopic (exact) mass is 701 g/mol. The zero-order valence-electron chi connectivity index (χ0n) is 28.3. The Hall–Kier alpha value is -3.61. The number of benzene rings is 1. The molecule has 49 heavy (non-hydrogen) atoms. The molecule has 0 radical (unpaired) electrons. The topological polar surface area (TPSA) is 106 Å². The molecule has 13 heteroatoms. The molecule has 5 heterocycles. The van der Waals surface area contributed by atoms with Crippen molar-refractivity contribution in [2.45, 2.75) is 114 Å². The number of hydrogen-bond donors (Lipinski definition) is 1. The Balaban J connectivity index is 1.27. The first-order valence-electron chi connectivity index (χ1n) is 17.5. The summed E-state index contributed by atoms with van der Waals surface area (Å²) in [6, 6.07) is 11.4. The molecule has 1 aromatic carbocycles. The van der Waals surface area contributed by atoms with E-state index in [1.54, 1.807) is 36.5 Å². The van der Waals surface area contributed by atoms with E-state index in [-0.39, 0.29) is 47.7 Å². The average molecular weight is 702 g/mol. The first-order chi connectivity index (χ1) is 23.3. The Labute approximate surface area is 286 Å². The molecule has 1 saturated carbocycles. The van der Waals surface area contributed by atoms with Crippen LogP contribution in [0.2, 0.25) is 0 Å². The molecular formula is C36H46F3N5O4S. The van der Waals surface area contributed by atoms with Gasteiger partial charge in [-0.25, -0.2) is 22.8 Å². The van der Waals surface area contributed by atoms with Gasteiger partial charge in [0.1, 0.15) is 5.82 Å². The lowest BCUT2D eigenvalue weighted by Gasteiger charge is -2.34. The van der Waals surface area contributed by atoms with Crippen LogP contribution >= 0.6 is 0 Å². The van der Waals surface area contributed by atoms with Crippen LogP contribution in [-0.2, 0) is 16.4 Å². The lowest BCUT2D eigenvalue weighted by molar-refractivity contribution is -0.190. The fourth-order valence-corrected chi connectivity index (χ4v) is 8.27. The molecule has 2 fully saturated rings. The number of anilines is 1. The Bertz CT molecular complexity index is 1740. The predicted octanol–water partition coefficient (Wildman–Crippen LogP) is 7.78. The van der Waals surface area contributed by atoms with Crippen molar-refractivity contribution in [2.75, 3.05) is 18.1 Å². The Morgan fingerprint density at radius 2 is 1.65 bits per heavy atom. The van der Waals surface area contributed by atoms with Crippen LogP contribution in [0.5, 0.6) is 5.88 Å². The van der Waals surface area contributed by atoms with Gasteiger partial charge in [0.2, 0.25) is 5.88 Å². The first kappa shape index (κ1) is 35.2. The fraction of sp³-hybridized carbons (Fsp3) is 0.583. The van der Waals surface area contributed by atoms with Gasteiger partial charge in [0.15, 0.2) is 5.82 Å². The molecule has 4 bridgehead atoms. The van der Waals surface area contributed by atoms with Crippen molar-refractivity contribution in [2.24, 2.45) is 11.3 Å². The molecule has 1 unspecified atom stereocenters. The second kappa shape index (κ2) is 14.0. The summed E-state index contributed by atoms with van der Waals surface area (Å²) >= 11 is 0. The van der Waals surface area contributed by atoms with Gasteiger partial charge in [-0.15, -0.1) is 5.10 Å². The van der Waals surface area contributed by atoms with Crippen LogP contribution in [0.25, 0.3) is 5.82 Å². The van der Waals surface area contributed by atoms with Crippen LogP contribution in [0.3, 0.4) is 0 Å². The summed E-state index contributed by atoms with van der Waals surface area (Å²) in [6.45, 7) is 4.75. The number of fused-ring (bicyclic) bond motifs is 12. The molecule has 1 aliphatic carbocycles. The number of aromatic nitrogens is 3. The van der Waals surface area contributed by atoms with Crippen molar-refractivity contribution in [1.82, 2.24) is 19.5 Å². The molecular weight excluding hydrogens is 655 g/mol. The number of amides is 1. The molecule has 1 amide bonds. The lowest BCUT2D eigenvalue weighted by Crippen LogP contribution is -2.41. The summed E-state index contributed by atoms with van der Waals surface area (Å²) in [5, 5.41) is 4.39. The third kappa shape index (κ3) is 8.07.